The average Bonchev–Trinajstić information content (AvgIpc) is 2.36. The fourth-order valence-corrected chi connectivity index (χ4v) is 2.59. The molecule has 4 heteroatoms. The number of benzene rings is 1. The topological polar surface area (TPSA) is 38.3 Å². The van der Waals surface area contributed by atoms with Gasteiger partial charge in [-0.3, -0.25) is 4.79 Å². The average molecular weight is 282 g/mol. The maximum Gasteiger partial charge on any atom is 0.224 e. The Bertz CT molecular complexity index is 430. The van der Waals surface area contributed by atoms with Gasteiger partial charge in [0.05, 0.1) is 6.10 Å². The first-order valence-electron chi connectivity index (χ1n) is 6.77. The Morgan fingerprint density at radius 3 is 2.95 bits per heavy atom. The van der Waals surface area contributed by atoms with E-state index < -0.39 is 0 Å². The standard InChI is InChI=1S/C15H20ClNO2/c1-2-19-14-7-12(8-14)9-15(18)17-13-5-3-4-11(6-13)10-16/h3-6,12,14H,2,7-10H2,1H3,(H,17,18). The zero-order chi connectivity index (χ0) is 13.7. The molecule has 0 spiro atoms. The molecule has 1 fully saturated rings. The first-order chi connectivity index (χ1) is 9.21. The van der Waals surface area contributed by atoms with Crippen molar-refractivity contribution in [2.24, 2.45) is 5.92 Å². The molecular weight excluding hydrogens is 262 g/mol. The minimum atomic E-state index is 0.0756. The lowest BCUT2D eigenvalue weighted by molar-refractivity contribution is -0.119. The van der Waals surface area contributed by atoms with Crippen molar-refractivity contribution in [2.75, 3.05) is 11.9 Å². The molecule has 1 aromatic rings. The number of halogens is 1. The summed E-state index contributed by atoms with van der Waals surface area (Å²) in [6.07, 6.45) is 2.95. The van der Waals surface area contributed by atoms with E-state index in [0.29, 0.717) is 24.3 Å². The van der Waals surface area contributed by atoms with Gasteiger partial charge in [0.2, 0.25) is 5.91 Å². The predicted octanol–water partition coefficient (Wildman–Crippen LogP) is 3.57. The highest BCUT2D eigenvalue weighted by molar-refractivity contribution is 6.17. The summed E-state index contributed by atoms with van der Waals surface area (Å²) in [4.78, 5) is 11.9. The summed E-state index contributed by atoms with van der Waals surface area (Å²) in [5.74, 6) is 1.00. The molecule has 1 amide bonds. The molecule has 0 bridgehead atoms. The molecule has 3 nitrogen and oxygen atoms in total. The van der Waals surface area contributed by atoms with E-state index in [2.05, 4.69) is 5.32 Å². The second-order valence-electron chi connectivity index (χ2n) is 5.00. The molecule has 1 aliphatic rings. The molecule has 0 radical (unpaired) electrons. The van der Waals surface area contributed by atoms with Crippen molar-refractivity contribution in [3.63, 3.8) is 0 Å². The number of ether oxygens (including phenoxy) is 1. The van der Waals surface area contributed by atoms with Crippen LogP contribution in [-0.2, 0) is 15.4 Å². The van der Waals surface area contributed by atoms with E-state index in [9.17, 15) is 4.79 Å². The number of carbonyl (C=O) groups excluding carboxylic acids is 1. The molecule has 0 saturated heterocycles. The lowest BCUT2D eigenvalue weighted by Gasteiger charge is -2.34. The number of carbonyl (C=O) groups is 1. The Labute approximate surface area is 119 Å². The van der Waals surface area contributed by atoms with Crippen LogP contribution in [0.3, 0.4) is 0 Å². The van der Waals surface area contributed by atoms with Gasteiger partial charge in [-0.05, 0) is 43.4 Å². The number of rotatable bonds is 6. The Hall–Kier alpha value is -1.06. The van der Waals surface area contributed by atoms with E-state index in [0.717, 1.165) is 30.7 Å². The van der Waals surface area contributed by atoms with Gasteiger partial charge in [-0.2, -0.15) is 0 Å². The third kappa shape index (κ3) is 4.22. The van der Waals surface area contributed by atoms with Gasteiger partial charge >= 0.3 is 0 Å². The van der Waals surface area contributed by atoms with Crippen molar-refractivity contribution >= 4 is 23.2 Å². The molecule has 104 valence electrons. The van der Waals surface area contributed by atoms with Gasteiger partial charge < -0.3 is 10.1 Å². The van der Waals surface area contributed by atoms with Crippen molar-refractivity contribution in [3.05, 3.63) is 29.8 Å². The van der Waals surface area contributed by atoms with Crippen LogP contribution < -0.4 is 5.32 Å². The van der Waals surface area contributed by atoms with Gasteiger partial charge in [0.15, 0.2) is 0 Å². The van der Waals surface area contributed by atoms with Crippen LogP contribution in [0.4, 0.5) is 5.69 Å². The number of hydrogen-bond donors (Lipinski definition) is 1. The lowest BCUT2D eigenvalue weighted by atomic mass is 9.80. The van der Waals surface area contributed by atoms with Crippen LogP contribution in [0.2, 0.25) is 0 Å². The zero-order valence-electron chi connectivity index (χ0n) is 11.2. The summed E-state index contributed by atoms with van der Waals surface area (Å²) in [5, 5.41) is 2.92. The third-order valence-electron chi connectivity index (χ3n) is 3.43. The van der Waals surface area contributed by atoms with Gasteiger partial charge in [0.25, 0.3) is 0 Å². The normalized spacial score (nSPS) is 21.8. The van der Waals surface area contributed by atoms with Gasteiger partial charge in [-0.25, -0.2) is 0 Å². The van der Waals surface area contributed by atoms with Gasteiger partial charge in [-0.15, -0.1) is 11.6 Å². The second-order valence-corrected chi connectivity index (χ2v) is 5.27. The van der Waals surface area contributed by atoms with Crippen LogP contribution >= 0.6 is 11.6 Å². The summed E-state index contributed by atoms with van der Waals surface area (Å²) in [5.41, 5.74) is 1.84. The summed E-state index contributed by atoms with van der Waals surface area (Å²) in [6.45, 7) is 2.76. The molecule has 1 saturated carbocycles. The van der Waals surface area contributed by atoms with Crippen LogP contribution in [0.5, 0.6) is 0 Å². The van der Waals surface area contributed by atoms with E-state index in [1.54, 1.807) is 0 Å². The Kier molecular flexibility index (Phi) is 5.23. The molecule has 1 aliphatic carbocycles. The molecule has 0 unspecified atom stereocenters. The lowest BCUT2D eigenvalue weighted by Crippen LogP contribution is -2.33. The molecule has 0 aliphatic heterocycles. The van der Waals surface area contributed by atoms with Crippen molar-refractivity contribution in [3.8, 4) is 0 Å². The summed E-state index contributed by atoms with van der Waals surface area (Å²) in [6, 6.07) is 7.65. The van der Waals surface area contributed by atoms with E-state index >= 15 is 0 Å². The molecule has 1 N–H and O–H groups in total. The second kappa shape index (κ2) is 6.92. The molecule has 0 heterocycles. The number of hydrogen-bond acceptors (Lipinski definition) is 2. The highest BCUT2D eigenvalue weighted by Crippen LogP contribution is 2.32. The first-order valence-corrected chi connectivity index (χ1v) is 7.31. The number of alkyl halides is 1. The SMILES string of the molecule is CCOC1CC(CC(=O)Nc2cccc(CCl)c2)C1. The smallest absolute Gasteiger partial charge is 0.224 e. The number of amides is 1. The van der Waals surface area contributed by atoms with Gasteiger partial charge in [-0.1, -0.05) is 12.1 Å². The summed E-state index contributed by atoms with van der Waals surface area (Å²) < 4.78 is 5.49. The Balaban J connectivity index is 1.75. The highest BCUT2D eigenvalue weighted by Gasteiger charge is 2.30. The maximum atomic E-state index is 11.9. The third-order valence-corrected chi connectivity index (χ3v) is 3.74. The van der Waals surface area contributed by atoms with Crippen molar-refractivity contribution in [2.45, 2.75) is 38.2 Å². The van der Waals surface area contributed by atoms with Gasteiger partial charge in [0.1, 0.15) is 0 Å². The van der Waals surface area contributed by atoms with E-state index in [1.165, 1.54) is 0 Å². The molecular formula is C15H20ClNO2. The molecule has 2 rings (SSSR count). The summed E-state index contributed by atoms with van der Waals surface area (Å²) in [7, 11) is 0. The Morgan fingerprint density at radius 1 is 1.47 bits per heavy atom. The summed E-state index contributed by atoms with van der Waals surface area (Å²) >= 11 is 5.77. The van der Waals surface area contributed by atoms with Crippen molar-refractivity contribution in [1.82, 2.24) is 0 Å². The number of anilines is 1. The van der Waals surface area contributed by atoms with E-state index in [4.69, 9.17) is 16.3 Å². The van der Waals surface area contributed by atoms with E-state index in [1.807, 2.05) is 31.2 Å². The van der Waals surface area contributed by atoms with Crippen molar-refractivity contribution in [1.29, 1.82) is 0 Å². The van der Waals surface area contributed by atoms with Crippen LogP contribution in [0.15, 0.2) is 24.3 Å². The Morgan fingerprint density at radius 2 is 2.26 bits per heavy atom. The molecule has 0 aromatic heterocycles. The highest BCUT2D eigenvalue weighted by atomic mass is 35.5. The quantitative estimate of drug-likeness (QED) is 0.810. The van der Waals surface area contributed by atoms with Crippen LogP contribution in [0, 0.1) is 5.92 Å². The van der Waals surface area contributed by atoms with Crippen molar-refractivity contribution < 1.29 is 9.53 Å². The van der Waals surface area contributed by atoms with E-state index in [-0.39, 0.29) is 5.91 Å². The molecule has 1 aromatic carbocycles. The molecule has 0 atom stereocenters. The van der Waals surface area contributed by atoms with Crippen LogP contribution in [0.25, 0.3) is 0 Å². The fraction of sp³-hybridized carbons (Fsp3) is 0.533. The number of nitrogens with one attached hydrogen (secondary N) is 1. The first kappa shape index (κ1) is 14.4. The fourth-order valence-electron chi connectivity index (χ4n) is 2.42. The minimum Gasteiger partial charge on any atom is -0.378 e. The predicted molar refractivity (Wildman–Crippen MR) is 77.4 cm³/mol. The van der Waals surface area contributed by atoms with Crippen LogP contribution in [-0.4, -0.2) is 18.6 Å². The minimum absolute atomic E-state index is 0.0756. The monoisotopic (exact) mass is 281 g/mol. The van der Waals surface area contributed by atoms with Crippen LogP contribution in [0.1, 0.15) is 31.7 Å². The molecule has 19 heavy (non-hydrogen) atoms. The zero-order valence-corrected chi connectivity index (χ0v) is 12.0. The maximum absolute atomic E-state index is 11.9. The van der Waals surface area contributed by atoms with Gasteiger partial charge in [0, 0.05) is 24.6 Å². The largest absolute Gasteiger partial charge is 0.378 e.